The van der Waals surface area contributed by atoms with Crippen molar-refractivity contribution in [3.8, 4) is 85.1 Å². The average molecular weight is 1370 g/mol. The van der Waals surface area contributed by atoms with Gasteiger partial charge in [0.25, 0.3) is 0 Å². The molecule has 0 saturated heterocycles. The van der Waals surface area contributed by atoms with Crippen LogP contribution in [0.1, 0.15) is 11.1 Å². The highest BCUT2D eigenvalue weighted by Crippen LogP contribution is 2.46. The molecule has 1 aliphatic rings. The van der Waals surface area contributed by atoms with Gasteiger partial charge in [-0.05, 0) is 134 Å². The molecule has 0 amide bonds. The monoisotopic (exact) mass is 1360 g/mol. The minimum Gasteiger partial charge on any atom is -0.455 e. The second-order valence-corrected chi connectivity index (χ2v) is 27.0. The van der Waals surface area contributed by atoms with Crippen LogP contribution in [0.4, 0.5) is 0 Å². The summed E-state index contributed by atoms with van der Waals surface area (Å²) in [7, 11) is 0. The fourth-order valence-electron chi connectivity index (χ4n) is 15.3. The van der Waals surface area contributed by atoms with E-state index in [1.807, 2.05) is 152 Å². The summed E-state index contributed by atoms with van der Waals surface area (Å²) in [5.74, 6) is 3.66. The number of hydrogen-bond donors (Lipinski definition) is 0. The Morgan fingerprint density at radius 1 is 0.257 bits per heavy atom. The normalized spacial score (nSPS) is 11.8. The first-order valence-corrected chi connectivity index (χ1v) is 35.5. The summed E-state index contributed by atoms with van der Waals surface area (Å²) >= 11 is 6.42. The lowest BCUT2D eigenvalue weighted by Crippen LogP contribution is -2.00. The molecular weight excluding hydrogens is 1310 g/mol. The Labute approximate surface area is 607 Å². The zero-order chi connectivity index (χ0) is 69.5. The van der Waals surface area contributed by atoms with Gasteiger partial charge in [0.15, 0.2) is 34.9 Å². The molecule has 5 aromatic heterocycles. The number of rotatable bonds is 7. The van der Waals surface area contributed by atoms with E-state index < -0.39 is 0 Å². The molecule has 21 aromatic rings. The van der Waals surface area contributed by atoms with Crippen LogP contribution in [0, 0.1) is 0 Å². The van der Waals surface area contributed by atoms with Crippen LogP contribution >= 0.6 is 11.6 Å². The summed E-state index contributed by atoms with van der Waals surface area (Å²) < 4.78 is 15.5. The van der Waals surface area contributed by atoms with Crippen molar-refractivity contribution in [2.24, 2.45) is 0 Å². The van der Waals surface area contributed by atoms with Gasteiger partial charge in [0.2, 0.25) is 0 Å². The molecule has 105 heavy (non-hydrogen) atoms. The van der Waals surface area contributed by atoms with E-state index in [-0.39, 0.29) is 0 Å². The summed E-state index contributed by atoms with van der Waals surface area (Å²) in [6, 6.07) is 117. The van der Waals surface area contributed by atoms with Gasteiger partial charge >= 0.3 is 0 Å². The molecule has 1 aliphatic carbocycles. The first kappa shape index (κ1) is 61.2. The van der Waals surface area contributed by atoms with Gasteiger partial charge in [-0.1, -0.05) is 279 Å². The number of nitrogens with zero attached hydrogens (tertiary/aromatic N) is 7. The molecule has 0 radical (unpaired) electrons. The Kier molecular flexibility index (Phi) is 14.8. The van der Waals surface area contributed by atoms with Gasteiger partial charge in [-0.3, -0.25) is 0 Å². The van der Waals surface area contributed by atoms with Gasteiger partial charge < -0.3 is 13.4 Å². The van der Waals surface area contributed by atoms with Crippen LogP contribution in [0.5, 0.6) is 0 Å². The number of para-hydroxylation sites is 1. The lowest BCUT2D eigenvalue weighted by molar-refractivity contribution is 0.672. The number of fused-ring (bicyclic) bond motifs is 18. The summed E-state index contributed by atoms with van der Waals surface area (Å²) in [6.45, 7) is 0. The molecule has 0 bridgehead atoms. The fourth-order valence-corrected chi connectivity index (χ4v) is 15.5. The highest BCUT2D eigenvalue weighted by atomic mass is 35.5. The lowest BCUT2D eigenvalue weighted by atomic mass is 9.99. The molecule has 0 fully saturated rings. The van der Waals surface area contributed by atoms with Crippen LogP contribution in [0.2, 0.25) is 5.02 Å². The van der Waals surface area contributed by atoms with Crippen molar-refractivity contribution >= 4 is 120 Å². The molecule has 0 spiro atoms. The van der Waals surface area contributed by atoms with Crippen molar-refractivity contribution in [1.29, 1.82) is 0 Å². The molecule has 22 rings (SSSR count). The Morgan fingerprint density at radius 2 is 0.657 bits per heavy atom. The molecule has 10 heteroatoms. The number of furan rings is 2. The van der Waals surface area contributed by atoms with Crippen LogP contribution in [0.3, 0.4) is 0 Å². The van der Waals surface area contributed by atoms with Crippen molar-refractivity contribution in [2.45, 2.75) is 6.42 Å². The van der Waals surface area contributed by atoms with E-state index in [0.717, 1.165) is 122 Å². The van der Waals surface area contributed by atoms with Crippen molar-refractivity contribution < 1.29 is 8.83 Å². The molecule has 0 N–H and O–H groups in total. The van der Waals surface area contributed by atoms with Crippen molar-refractivity contribution in [1.82, 2.24) is 34.5 Å². The zero-order valence-electron chi connectivity index (χ0n) is 56.4. The molecular formula is C95H58ClN7O2. The first-order valence-electron chi connectivity index (χ1n) is 35.1. The third kappa shape index (κ3) is 10.9. The Bertz CT molecular complexity index is 6900. The van der Waals surface area contributed by atoms with Crippen LogP contribution in [0.15, 0.2) is 349 Å². The van der Waals surface area contributed by atoms with E-state index in [2.05, 4.69) is 193 Å². The van der Waals surface area contributed by atoms with E-state index in [4.69, 9.17) is 50.3 Å². The number of hydrogen-bond acceptors (Lipinski definition) is 8. The minimum absolute atomic E-state index is 0.584. The summed E-state index contributed by atoms with van der Waals surface area (Å²) in [4.78, 5) is 30.1. The molecule has 5 heterocycles. The number of halogens is 1. The van der Waals surface area contributed by atoms with Gasteiger partial charge in [0, 0.05) is 87.2 Å². The van der Waals surface area contributed by atoms with E-state index in [1.165, 1.54) is 54.6 Å². The van der Waals surface area contributed by atoms with E-state index in [1.54, 1.807) is 0 Å². The highest BCUT2D eigenvalue weighted by Gasteiger charge is 2.25. The second kappa shape index (κ2) is 25.4. The summed E-state index contributed by atoms with van der Waals surface area (Å²) in [5, 5.41) is 16.3. The van der Waals surface area contributed by atoms with Crippen molar-refractivity contribution in [2.75, 3.05) is 0 Å². The van der Waals surface area contributed by atoms with Crippen LogP contribution in [0.25, 0.3) is 194 Å². The summed E-state index contributed by atoms with van der Waals surface area (Å²) in [5.41, 5.74) is 17.8. The van der Waals surface area contributed by atoms with Crippen molar-refractivity contribution in [3.63, 3.8) is 0 Å². The molecule has 492 valence electrons. The smallest absolute Gasteiger partial charge is 0.164 e. The van der Waals surface area contributed by atoms with Crippen LogP contribution < -0.4 is 0 Å². The van der Waals surface area contributed by atoms with Crippen LogP contribution in [-0.4, -0.2) is 34.5 Å². The molecule has 0 saturated carbocycles. The minimum atomic E-state index is 0.584. The van der Waals surface area contributed by atoms with Gasteiger partial charge in [0.1, 0.15) is 22.3 Å². The Hall–Kier alpha value is -13.7. The van der Waals surface area contributed by atoms with E-state index in [0.29, 0.717) is 40.0 Å². The van der Waals surface area contributed by atoms with Gasteiger partial charge in [-0.25, -0.2) is 29.9 Å². The van der Waals surface area contributed by atoms with E-state index in [9.17, 15) is 0 Å². The first-order chi connectivity index (χ1) is 51.9. The fraction of sp³-hybridized carbons (Fsp3) is 0.0105. The molecule has 0 aliphatic heterocycles. The predicted molar refractivity (Wildman–Crippen MR) is 431 cm³/mol. The van der Waals surface area contributed by atoms with Crippen LogP contribution in [-0.2, 0) is 6.42 Å². The maximum Gasteiger partial charge on any atom is 0.164 e. The third-order valence-corrected chi connectivity index (χ3v) is 20.4. The van der Waals surface area contributed by atoms with Gasteiger partial charge in [0.05, 0.1) is 11.0 Å². The standard InChI is InChI=1S/C47H28N4O.C31H18ClN3O.C17H12/c1-3-13-29(14-4-1)45-48-46(30-15-5-2-6-16-30)50-47(49-45)39-26-33-19-9-10-20-35(33)44-43(39)38-28-34(23-24-42(38)52-44)51-40-22-12-11-21-36(40)37-25-31-17-7-8-18-32(31)27-41(37)51;32-22-15-16-26-24(18-22)27-25(17-21-13-7-8-14-23(21)28(27)36-26)31-34-29(19-9-3-1-4-10-19)33-30(35-31)20-11-5-2-6-12-20;1-2-6-13-11-17-15(9-12(13)5-1)10-14-7-3-4-8-16(14)17/h1-28H;1-18H;1-9,11H,10H2. The maximum atomic E-state index is 6.78. The zero-order valence-corrected chi connectivity index (χ0v) is 57.1. The lowest BCUT2D eigenvalue weighted by Gasteiger charge is -2.11. The second-order valence-electron chi connectivity index (χ2n) is 26.6. The Morgan fingerprint density at radius 3 is 1.19 bits per heavy atom. The molecule has 0 atom stereocenters. The molecule has 0 unspecified atom stereocenters. The topological polar surface area (TPSA) is 109 Å². The SMILES string of the molecule is Clc1ccc2oc3c4ccccc4cc(-c4nc(-c5ccccc5)nc(-c5ccccc5)n4)c3c2c1.c1ccc(-c2nc(-c3ccccc3)nc(-c3cc4ccccc4c4oc5ccc(-n6c7ccccc7c7cc8ccccc8cc76)cc5c34)n2)cc1.c1ccc2c(c1)Cc1cc3ccccc3cc1-2. The highest BCUT2D eigenvalue weighted by molar-refractivity contribution is 6.32. The molecule has 9 nitrogen and oxygen atoms in total. The molecule has 16 aromatic carbocycles. The van der Waals surface area contributed by atoms with Gasteiger partial charge in [-0.2, -0.15) is 0 Å². The average Bonchev–Trinajstić information content (AvgIpc) is 1.60. The Balaban J connectivity index is 0.000000118. The largest absolute Gasteiger partial charge is 0.455 e. The number of aromatic nitrogens is 7. The quantitative estimate of drug-likeness (QED) is 0.155. The summed E-state index contributed by atoms with van der Waals surface area (Å²) in [6.07, 6.45) is 1.08. The maximum absolute atomic E-state index is 6.78. The van der Waals surface area contributed by atoms with E-state index >= 15 is 0 Å². The number of benzene rings is 16. The third-order valence-electron chi connectivity index (χ3n) is 20.2. The van der Waals surface area contributed by atoms with Gasteiger partial charge in [-0.15, -0.1) is 0 Å². The van der Waals surface area contributed by atoms with Crippen molar-refractivity contribution in [3.05, 3.63) is 356 Å². The predicted octanol–water partition coefficient (Wildman–Crippen LogP) is 25.2.